The molecule has 2 aliphatic rings. The molecule has 0 aromatic heterocycles. The van der Waals surface area contributed by atoms with Crippen molar-refractivity contribution < 1.29 is 9.59 Å². The summed E-state index contributed by atoms with van der Waals surface area (Å²) in [6.07, 6.45) is 0.716. The minimum Gasteiger partial charge on any atom is -0.314 e. The standard InChI is InChI=1S/C11H18N4O2/c1-2-8(15-5-3-12-4-6-15)11-13-9(16)7-10(17)14-11/h8,12H,2-7H2,1H3,(H,13,14,16,17). The second-order valence-corrected chi connectivity index (χ2v) is 4.33. The van der Waals surface area contributed by atoms with Crippen LogP contribution in [0.2, 0.25) is 0 Å². The normalized spacial score (nSPS) is 24.2. The highest BCUT2D eigenvalue weighted by molar-refractivity contribution is 6.15. The molecule has 2 N–H and O–H groups in total. The monoisotopic (exact) mass is 238 g/mol. The summed E-state index contributed by atoms with van der Waals surface area (Å²) in [5.41, 5.74) is 0. The lowest BCUT2D eigenvalue weighted by molar-refractivity contribution is -0.127. The van der Waals surface area contributed by atoms with Gasteiger partial charge in [-0.25, -0.2) is 0 Å². The van der Waals surface area contributed by atoms with Crippen molar-refractivity contribution in [1.82, 2.24) is 15.5 Å². The van der Waals surface area contributed by atoms with E-state index in [0.717, 1.165) is 32.6 Å². The van der Waals surface area contributed by atoms with Crippen LogP contribution in [0.1, 0.15) is 19.8 Å². The molecule has 0 bridgehead atoms. The number of amides is 2. The highest BCUT2D eigenvalue weighted by Gasteiger charge is 2.28. The average Bonchev–Trinajstić information content (AvgIpc) is 2.30. The van der Waals surface area contributed by atoms with E-state index in [9.17, 15) is 9.59 Å². The first-order valence-corrected chi connectivity index (χ1v) is 6.06. The molecule has 0 aliphatic carbocycles. The summed E-state index contributed by atoms with van der Waals surface area (Å²) in [4.78, 5) is 28.9. The van der Waals surface area contributed by atoms with Crippen LogP contribution in [0.3, 0.4) is 0 Å². The topological polar surface area (TPSA) is 73.8 Å². The Morgan fingerprint density at radius 3 is 2.65 bits per heavy atom. The summed E-state index contributed by atoms with van der Waals surface area (Å²) in [7, 11) is 0. The fraction of sp³-hybridized carbons (Fsp3) is 0.727. The molecule has 6 nitrogen and oxygen atoms in total. The van der Waals surface area contributed by atoms with Gasteiger partial charge in [-0.2, -0.15) is 4.99 Å². The summed E-state index contributed by atoms with van der Waals surface area (Å²) < 4.78 is 0. The van der Waals surface area contributed by atoms with E-state index in [-0.39, 0.29) is 24.3 Å². The third-order valence-corrected chi connectivity index (χ3v) is 3.12. The van der Waals surface area contributed by atoms with Crippen LogP contribution in [0.25, 0.3) is 0 Å². The predicted molar refractivity (Wildman–Crippen MR) is 63.7 cm³/mol. The molecule has 0 saturated carbocycles. The van der Waals surface area contributed by atoms with Crippen LogP contribution in [0.4, 0.5) is 0 Å². The van der Waals surface area contributed by atoms with Gasteiger partial charge in [0.1, 0.15) is 12.3 Å². The Labute approximate surface area is 100 Å². The molecular formula is C11H18N4O2. The molecule has 0 radical (unpaired) electrons. The molecule has 1 fully saturated rings. The third-order valence-electron chi connectivity index (χ3n) is 3.12. The maximum atomic E-state index is 11.3. The van der Waals surface area contributed by atoms with E-state index >= 15 is 0 Å². The van der Waals surface area contributed by atoms with E-state index in [4.69, 9.17) is 0 Å². The van der Waals surface area contributed by atoms with Gasteiger partial charge in [-0.1, -0.05) is 6.92 Å². The van der Waals surface area contributed by atoms with Gasteiger partial charge in [-0.3, -0.25) is 14.5 Å². The third kappa shape index (κ3) is 2.89. The smallest absolute Gasteiger partial charge is 0.256 e. The van der Waals surface area contributed by atoms with Crippen LogP contribution >= 0.6 is 0 Å². The van der Waals surface area contributed by atoms with Crippen LogP contribution in [-0.2, 0) is 9.59 Å². The molecule has 0 aromatic carbocycles. The van der Waals surface area contributed by atoms with Crippen molar-refractivity contribution >= 4 is 17.6 Å². The zero-order chi connectivity index (χ0) is 12.3. The van der Waals surface area contributed by atoms with E-state index in [1.54, 1.807) is 0 Å². The molecule has 1 unspecified atom stereocenters. The van der Waals surface area contributed by atoms with Crippen LogP contribution in [-0.4, -0.2) is 54.8 Å². The highest BCUT2D eigenvalue weighted by Crippen LogP contribution is 2.09. The molecule has 0 aromatic rings. The second-order valence-electron chi connectivity index (χ2n) is 4.33. The molecule has 2 aliphatic heterocycles. The lowest BCUT2D eigenvalue weighted by Crippen LogP contribution is -2.55. The average molecular weight is 238 g/mol. The molecule has 94 valence electrons. The predicted octanol–water partition coefficient (Wildman–Crippen LogP) is -0.885. The highest BCUT2D eigenvalue weighted by atomic mass is 16.2. The van der Waals surface area contributed by atoms with Crippen molar-refractivity contribution in [2.24, 2.45) is 4.99 Å². The maximum Gasteiger partial charge on any atom is 0.256 e. The number of carbonyl (C=O) groups is 2. The molecular weight excluding hydrogens is 220 g/mol. The van der Waals surface area contributed by atoms with Crippen molar-refractivity contribution in [3.05, 3.63) is 0 Å². The molecule has 1 atom stereocenters. The lowest BCUT2D eigenvalue weighted by Gasteiger charge is -2.35. The number of aliphatic imine (C=N–C) groups is 1. The number of carbonyl (C=O) groups excluding carboxylic acids is 2. The minimum absolute atomic E-state index is 0.0466. The molecule has 2 rings (SSSR count). The van der Waals surface area contributed by atoms with E-state index in [2.05, 4.69) is 20.5 Å². The fourth-order valence-electron chi connectivity index (χ4n) is 2.30. The Kier molecular flexibility index (Phi) is 3.86. The van der Waals surface area contributed by atoms with E-state index < -0.39 is 0 Å². The molecule has 2 heterocycles. The van der Waals surface area contributed by atoms with Crippen molar-refractivity contribution in [1.29, 1.82) is 0 Å². The first-order chi connectivity index (χ1) is 8.20. The summed E-state index contributed by atoms with van der Waals surface area (Å²) in [6.45, 7) is 5.75. The summed E-state index contributed by atoms with van der Waals surface area (Å²) in [5.74, 6) is -0.0541. The Bertz CT molecular complexity index is 347. The summed E-state index contributed by atoms with van der Waals surface area (Å²) in [6, 6.07) is 0.0466. The number of nitrogens with one attached hydrogen (secondary N) is 2. The number of piperazine rings is 1. The largest absolute Gasteiger partial charge is 0.314 e. The Hall–Kier alpha value is -1.27. The van der Waals surface area contributed by atoms with Gasteiger partial charge >= 0.3 is 0 Å². The number of hydrogen-bond acceptors (Lipinski definition) is 4. The van der Waals surface area contributed by atoms with E-state index in [0.29, 0.717) is 5.84 Å². The fourth-order valence-corrected chi connectivity index (χ4v) is 2.30. The number of amidine groups is 1. The van der Waals surface area contributed by atoms with Gasteiger partial charge in [0.2, 0.25) is 5.91 Å². The Morgan fingerprint density at radius 1 is 1.35 bits per heavy atom. The molecule has 2 amide bonds. The van der Waals surface area contributed by atoms with Crippen molar-refractivity contribution in [2.45, 2.75) is 25.8 Å². The van der Waals surface area contributed by atoms with Crippen LogP contribution in [0, 0.1) is 0 Å². The first kappa shape index (κ1) is 12.2. The van der Waals surface area contributed by atoms with Gasteiger partial charge in [0.05, 0.1) is 6.04 Å². The van der Waals surface area contributed by atoms with Crippen molar-refractivity contribution in [2.75, 3.05) is 26.2 Å². The van der Waals surface area contributed by atoms with Crippen LogP contribution < -0.4 is 10.6 Å². The van der Waals surface area contributed by atoms with Crippen LogP contribution in [0.15, 0.2) is 4.99 Å². The van der Waals surface area contributed by atoms with E-state index in [1.165, 1.54) is 0 Å². The SMILES string of the molecule is CCC(C1=NC(=O)CC(=O)N1)N1CCNCC1. The zero-order valence-electron chi connectivity index (χ0n) is 10.0. The minimum atomic E-state index is -0.336. The number of nitrogens with zero attached hydrogens (tertiary/aromatic N) is 2. The Morgan fingerprint density at radius 2 is 2.06 bits per heavy atom. The lowest BCUT2D eigenvalue weighted by atomic mass is 10.1. The summed E-state index contributed by atoms with van der Waals surface area (Å²) >= 11 is 0. The zero-order valence-corrected chi connectivity index (χ0v) is 10.0. The molecule has 1 saturated heterocycles. The molecule has 6 heteroatoms. The van der Waals surface area contributed by atoms with Crippen LogP contribution in [0.5, 0.6) is 0 Å². The van der Waals surface area contributed by atoms with E-state index in [1.807, 2.05) is 6.92 Å². The van der Waals surface area contributed by atoms with Gasteiger partial charge < -0.3 is 10.6 Å². The molecule has 0 spiro atoms. The van der Waals surface area contributed by atoms with Gasteiger partial charge in [-0.05, 0) is 6.42 Å². The van der Waals surface area contributed by atoms with Gasteiger partial charge in [0, 0.05) is 26.2 Å². The first-order valence-electron chi connectivity index (χ1n) is 6.06. The molecule has 17 heavy (non-hydrogen) atoms. The summed E-state index contributed by atoms with van der Waals surface area (Å²) in [5, 5.41) is 6.00. The Balaban J connectivity index is 2.11. The van der Waals surface area contributed by atoms with Gasteiger partial charge in [0.15, 0.2) is 0 Å². The second kappa shape index (κ2) is 5.37. The van der Waals surface area contributed by atoms with Gasteiger partial charge in [0.25, 0.3) is 5.91 Å². The number of hydrogen-bond donors (Lipinski definition) is 2. The maximum absolute atomic E-state index is 11.3. The van der Waals surface area contributed by atoms with Gasteiger partial charge in [-0.15, -0.1) is 0 Å². The number of rotatable bonds is 3. The van der Waals surface area contributed by atoms with Crippen molar-refractivity contribution in [3.63, 3.8) is 0 Å². The van der Waals surface area contributed by atoms with Crippen molar-refractivity contribution in [3.8, 4) is 0 Å². The quantitative estimate of drug-likeness (QED) is 0.626.